The van der Waals surface area contributed by atoms with E-state index >= 15 is 0 Å². The Morgan fingerprint density at radius 1 is 0.900 bits per heavy atom. The van der Waals surface area contributed by atoms with Gasteiger partial charge in [-0.1, -0.05) is 37.2 Å². The Hall–Kier alpha value is -3.15. The van der Waals surface area contributed by atoms with Crippen molar-refractivity contribution < 1.29 is 14.3 Å². The van der Waals surface area contributed by atoms with Gasteiger partial charge in [0, 0.05) is 26.9 Å². The second kappa shape index (κ2) is 9.11. The Bertz CT molecular complexity index is 1200. The summed E-state index contributed by atoms with van der Waals surface area (Å²) in [6.45, 7) is 0. The minimum absolute atomic E-state index is 0. The number of ether oxygens (including phenoxy) is 1. The lowest BCUT2D eigenvalue weighted by Crippen LogP contribution is -2.11. The topological polar surface area (TPSA) is 55.4 Å². The maximum Gasteiger partial charge on any atom is 0.267 e. The zero-order chi connectivity index (χ0) is 20.4. The van der Waals surface area contributed by atoms with Crippen molar-refractivity contribution >= 4 is 50.4 Å². The maximum absolute atomic E-state index is 12.6. The first-order valence-corrected chi connectivity index (χ1v) is 10.0. The van der Waals surface area contributed by atoms with Crippen molar-refractivity contribution in [2.45, 2.75) is 7.43 Å². The molecule has 0 saturated carbocycles. The number of amides is 1. The summed E-state index contributed by atoms with van der Waals surface area (Å²) < 4.78 is 6.07. The number of fused-ring (bicyclic) bond motifs is 1. The highest BCUT2D eigenvalue weighted by Gasteiger charge is 2.17. The number of ketones is 1. The zero-order valence-electron chi connectivity index (χ0n) is 15.4. The number of anilines is 1. The van der Waals surface area contributed by atoms with E-state index in [1.165, 1.54) is 11.3 Å². The van der Waals surface area contributed by atoms with Gasteiger partial charge in [-0.2, -0.15) is 0 Å². The number of halogens is 1. The summed E-state index contributed by atoms with van der Waals surface area (Å²) in [6, 6.07) is 21.4. The highest BCUT2D eigenvalue weighted by molar-refractivity contribution is 7.21. The zero-order valence-corrected chi connectivity index (χ0v) is 17.0. The quantitative estimate of drug-likeness (QED) is 0.354. The fourth-order valence-electron chi connectivity index (χ4n) is 2.96. The molecular weight excluding hydrogens is 418 g/mol. The summed E-state index contributed by atoms with van der Waals surface area (Å²) >= 11 is 7.72. The van der Waals surface area contributed by atoms with E-state index in [0.717, 1.165) is 10.1 Å². The van der Waals surface area contributed by atoms with Gasteiger partial charge in [-0.15, -0.1) is 11.3 Å². The molecule has 3 aromatic carbocycles. The maximum atomic E-state index is 12.6. The molecule has 0 bridgehead atoms. The summed E-state index contributed by atoms with van der Waals surface area (Å²) in [4.78, 5) is 25.7. The van der Waals surface area contributed by atoms with Gasteiger partial charge in [-0.05, 0) is 54.6 Å². The van der Waals surface area contributed by atoms with Crippen molar-refractivity contribution in [1.82, 2.24) is 0 Å². The average Bonchev–Trinajstić information content (AvgIpc) is 3.11. The van der Waals surface area contributed by atoms with Gasteiger partial charge in [-0.3, -0.25) is 9.59 Å². The van der Waals surface area contributed by atoms with Crippen LogP contribution in [0.15, 0.2) is 72.8 Å². The minimum atomic E-state index is -0.273. The number of carbonyl (C=O) groups is 2. The Kier molecular flexibility index (Phi) is 6.55. The first-order chi connectivity index (χ1) is 14.1. The normalized spacial score (nSPS) is 10.3. The molecule has 4 nitrogen and oxygen atoms in total. The summed E-state index contributed by atoms with van der Waals surface area (Å²) in [6.07, 6.45) is 0. The van der Waals surface area contributed by atoms with Crippen LogP contribution in [0.25, 0.3) is 10.1 Å². The molecule has 1 amide bonds. The fraction of sp³-hybridized carbons (Fsp3) is 0.0833. The molecule has 4 rings (SSSR count). The standard InChI is InChI=1S/C23H16ClNO3S.CH4/c1-28-17-12-8-15(9-13-17)21(26)14-6-10-16(11-7-14)25-23(27)22-20(24)18-4-2-3-5-19(18)29-22;/h2-13H,1H3,(H,25,27);1H4. The smallest absolute Gasteiger partial charge is 0.267 e. The number of benzene rings is 3. The molecule has 152 valence electrons. The predicted octanol–water partition coefficient (Wildman–Crippen LogP) is 6.68. The molecule has 1 heterocycles. The Balaban J connectivity index is 0.00000256. The molecule has 0 aliphatic rings. The van der Waals surface area contributed by atoms with Crippen LogP contribution in [0.3, 0.4) is 0 Å². The number of hydrogen-bond acceptors (Lipinski definition) is 4. The minimum Gasteiger partial charge on any atom is -0.497 e. The number of hydrogen-bond donors (Lipinski definition) is 1. The summed E-state index contributed by atoms with van der Waals surface area (Å²) in [7, 11) is 1.58. The van der Waals surface area contributed by atoms with Gasteiger partial charge in [-0.25, -0.2) is 0 Å². The van der Waals surface area contributed by atoms with Crippen LogP contribution in [-0.4, -0.2) is 18.8 Å². The molecule has 0 fully saturated rings. The number of thiophene rings is 1. The summed E-state index contributed by atoms with van der Waals surface area (Å²) in [5.74, 6) is 0.322. The molecule has 1 aromatic heterocycles. The van der Waals surface area contributed by atoms with Gasteiger partial charge in [0.1, 0.15) is 10.6 Å². The van der Waals surface area contributed by atoms with E-state index < -0.39 is 0 Å². The van der Waals surface area contributed by atoms with Crippen LogP contribution in [0.4, 0.5) is 5.69 Å². The molecule has 30 heavy (non-hydrogen) atoms. The highest BCUT2D eigenvalue weighted by atomic mass is 35.5. The summed E-state index contributed by atoms with van der Waals surface area (Å²) in [5.41, 5.74) is 1.70. The van der Waals surface area contributed by atoms with Crippen molar-refractivity contribution in [3.8, 4) is 5.75 Å². The van der Waals surface area contributed by atoms with Gasteiger partial charge in [0.15, 0.2) is 5.78 Å². The third-order valence-electron chi connectivity index (χ3n) is 4.50. The van der Waals surface area contributed by atoms with Crippen molar-refractivity contribution in [2.24, 2.45) is 0 Å². The largest absolute Gasteiger partial charge is 0.497 e. The molecule has 0 radical (unpaired) electrons. The third-order valence-corrected chi connectivity index (χ3v) is 6.17. The van der Waals surface area contributed by atoms with E-state index in [0.29, 0.717) is 32.5 Å². The van der Waals surface area contributed by atoms with Crippen LogP contribution >= 0.6 is 22.9 Å². The van der Waals surface area contributed by atoms with Gasteiger partial charge < -0.3 is 10.1 Å². The number of methoxy groups -OCH3 is 1. The first kappa shape index (κ1) is 21.6. The van der Waals surface area contributed by atoms with E-state index in [9.17, 15) is 9.59 Å². The molecule has 0 saturated heterocycles. The predicted molar refractivity (Wildman–Crippen MR) is 124 cm³/mol. The van der Waals surface area contributed by atoms with Gasteiger partial charge in [0.05, 0.1) is 12.1 Å². The second-order valence-corrected chi connectivity index (χ2v) is 7.76. The van der Waals surface area contributed by atoms with Crippen LogP contribution in [0.2, 0.25) is 5.02 Å². The fourth-order valence-corrected chi connectivity index (χ4v) is 4.37. The number of rotatable bonds is 5. The molecule has 4 aromatic rings. The Morgan fingerprint density at radius 2 is 1.50 bits per heavy atom. The van der Waals surface area contributed by atoms with E-state index in [1.807, 2.05) is 24.3 Å². The highest BCUT2D eigenvalue weighted by Crippen LogP contribution is 2.35. The van der Waals surface area contributed by atoms with Crippen molar-refractivity contribution in [3.63, 3.8) is 0 Å². The third kappa shape index (κ3) is 4.22. The van der Waals surface area contributed by atoms with Crippen LogP contribution in [0.5, 0.6) is 5.75 Å². The van der Waals surface area contributed by atoms with Crippen molar-refractivity contribution in [1.29, 1.82) is 0 Å². The Morgan fingerprint density at radius 3 is 2.10 bits per heavy atom. The molecule has 1 N–H and O–H groups in total. The molecule has 0 unspecified atom stereocenters. The molecular formula is C24H20ClNO3S. The average molecular weight is 438 g/mol. The van der Waals surface area contributed by atoms with E-state index in [1.54, 1.807) is 55.6 Å². The molecule has 0 spiro atoms. The molecule has 0 aliphatic carbocycles. The summed E-state index contributed by atoms with van der Waals surface area (Å²) in [5, 5.41) is 4.16. The Labute approximate surface area is 184 Å². The van der Waals surface area contributed by atoms with E-state index in [4.69, 9.17) is 16.3 Å². The lowest BCUT2D eigenvalue weighted by Gasteiger charge is -2.06. The SMILES string of the molecule is C.COc1ccc(C(=O)c2ccc(NC(=O)c3sc4ccccc4c3Cl)cc2)cc1. The number of carbonyl (C=O) groups excluding carboxylic acids is 2. The van der Waals surface area contributed by atoms with Crippen molar-refractivity contribution in [3.05, 3.63) is 93.8 Å². The van der Waals surface area contributed by atoms with Crippen LogP contribution in [0, 0.1) is 0 Å². The lowest BCUT2D eigenvalue weighted by molar-refractivity contribution is 0.102. The van der Waals surface area contributed by atoms with Crippen molar-refractivity contribution in [2.75, 3.05) is 12.4 Å². The van der Waals surface area contributed by atoms with Gasteiger partial charge in [0.2, 0.25) is 0 Å². The van der Waals surface area contributed by atoms with Crippen LogP contribution in [0.1, 0.15) is 33.0 Å². The van der Waals surface area contributed by atoms with Gasteiger partial charge >= 0.3 is 0 Å². The lowest BCUT2D eigenvalue weighted by atomic mass is 10.0. The molecule has 0 atom stereocenters. The monoisotopic (exact) mass is 437 g/mol. The number of nitrogens with one attached hydrogen (secondary N) is 1. The second-order valence-electron chi connectivity index (χ2n) is 6.33. The van der Waals surface area contributed by atoms with E-state index in [-0.39, 0.29) is 19.1 Å². The van der Waals surface area contributed by atoms with Crippen LogP contribution in [-0.2, 0) is 0 Å². The first-order valence-electron chi connectivity index (χ1n) is 8.84. The molecule has 6 heteroatoms. The van der Waals surface area contributed by atoms with Crippen LogP contribution < -0.4 is 10.1 Å². The molecule has 0 aliphatic heterocycles. The van der Waals surface area contributed by atoms with Gasteiger partial charge in [0.25, 0.3) is 5.91 Å². The van der Waals surface area contributed by atoms with E-state index in [2.05, 4.69) is 5.32 Å².